The van der Waals surface area contributed by atoms with Crippen molar-refractivity contribution in [2.75, 3.05) is 0 Å². The number of esters is 1. The largest absolute Gasteiger partial charge is 0.459 e. The van der Waals surface area contributed by atoms with Gasteiger partial charge in [-0.3, -0.25) is 4.79 Å². The minimum atomic E-state index is -0.846. The maximum Gasteiger partial charge on any atom is 0.408 e. The van der Waals surface area contributed by atoms with Gasteiger partial charge in [-0.25, -0.2) is 9.59 Å². The molecule has 0 aliphatic rings. The van der Waals surface area contributed by atoms with Crippen LogP contribution in [0.15, 0.2) is 60.7 Å². The van der Waals surface area contributed by atoms with Crippen LogP contribution in [0.3, 0.4) is 0 Å². The molecule has 0 bridgehead atoms. The number of benzene rings is 2. The van der Waals surface area contributed by atoms with Gasteiger partial charge in [0.2, 0.25) is 5.91 Å². The molecule has 0 aliphatic carbocycles. The molecular weight excluding hydrogens is 420 g/mol. The van der Waals surface area contributed by atoms with Crippen molar-refractivity contribution < 1.29 is 23.9 Å². The number of carbonyl (C=O) groups excluding carboxylic acids is 3. The van der Waals surface area contributed by atoms with Gasteiger partial charge in [0.1, 0.15) is 25.3 Å². The SMILES string of the molecule is CC[C@@H](C)[C@H](NC(=O)OCc1ccccc1)C(=O)N[C@H](C(=O)OCc1ccccc1)C(C)C. The number of amides is 2. The van der Waals surface area contributed by atoms with Crippen LogP contribution in [0.4, 0.5) is 4.79 Å². The molecule has 178 valence electrons. The molecule has 0 aliphatic heterocycles. The number of carbonyl (C=O) groups is 3. The molecule has 7 nitrogen and oxygen atoms in total. The Bertz CT molecular complexity index is 886. The molecule has 2 amide bonds. The summed E-state index contributed by atoms with van der Waals surface area (Å²) in [6.45, 7) is 7.67. The predicted octanol–water partition coefficient (Wildman–Crippen LogP) is 4.21. The Kier molecular flexibility index (Phi) is 10.4. The molecule has 0 heterocycles. The van der Waals surface area contributed by atoms with Gasteiger partial charge in [0.25, 0.3) is 0 Å². The molecule has 0 saturated heterocycles. The van der Waals surface area contributed by atoms with Crippen LogP contribution in [0.1, 0.15) is 45.2 Å². The Labute approximate surface area is 195 Å². The summed E-state index contributed by atoms with van der Waals surface area (Å²) in [4.78, 5) is 38.1. The number of rotatable bonds is 11. The Morgan fingerprint density at radius 3 is 1.76 bits per heavy atom. The average molecular weight is 455 g/mol. The molecular formula is C26H34N2O5. The Hall–Kier alpha value is -3.35. The zero-order chi connectivity index (χ0) is 24.2. The van der Waals surface area contributed by atoms with Crippen LogP contribution in [0, 0.1) is 11.8 Å². The van der Waals surface area contributed by atoms with Crippen LogP contribution in [0.25, 0.3) is 0 Å². The summed E-state index contributed by atoms with van der Waals surface area (Å²) in [6, 6.07) is 16.9. The van der Waals surface area contributed by atoms with Crippen molar-refractivity contribution in [2.45, 2.75) is 59.4 Å². The Morgan fingerprint density at radius 2 is 1.27 bits per heavy atom. The minimum Gasteiger partial charge on any atom is -0.459 e. The summed E-state index contributed by atoms with van der Waals surface area (Å²) in [5, 5.41) is 5.42. The van der Waals surface area contributed by atoms with Crippen LogP contribution >= 0.6 is 0 Å². The van der Waals surface area contributed by atoms with E-state index in [0.717, 1.165) is 11.1 Å². The second-order valence-electron chi connectivity index (χ2n) is 8.39. The predicted molar refractivity (Wildman–Crippen MR) is 126 cm³/mol. The number of nitrogens with one attached hydrogen (secondary N) is 2. The smallest absolute Gasteiger partial charge is 0.408 e. The van der Waals surface area contributed by atoms with E-state index in [9.17, 15) is 14.4 Å². The van der Waals surface area contributed by atoms with E-state index in [0.29, 0.717) is 6.42 Å². The van der Waals surface area contributed by atoms with Gasteiger partial charge in [0.05, 0.1) is 0 Å². The lowest BCUT2D eigenvalue weighted by Gasteiger charge is -2.27. The Balaban J connectivity index is 1.98. The highest BCUT2D eigenvalue weighted by Gasteiger charge is 2.32. The third-order valence-electron chi connectivity index (χ3n) is 5.42. The zero-order valence-electron chi connectivity index (χ0n) is 19.7. The molecule has 2 aromatic rings. The molecule has 2 N–H and O–H groups in total. The third kappa shape index (κ3) is 8.60. The Morgan fingerprint density at radius 1 is 0.758 bits per heavy atom. The van der Waals surface area contributed by atoms with Crippen molar-refractivity contribution in [2.24, 2.45) is 11.8 Å². The van der Waals surface area contributed by atoms with Crippen molar-refractivity contribution in [1.82, 2.24) is 10.6 Å². The van der Waals surface area contributed by atoms with Crippen molar-refractivity contribution >= 4 is 18.0 Å². The summed E-state index contributed by atoms with van der Waals surface area (Å²) in [7, 11) is 0. The summed E-state index contributed by atoms with van der Waals surface area (Å²) >= 11 is 0. The average Bonchev–Trinajstić information content (AvgIpc) is 2.83. The van der Waals surface area contributed by atoms with Crippen LogP contribution in [-0.4, -0.2) is 30.1 Å². The monoisotopic (exact) mass is 454 g/mol. The molecule has 3 atom stereocenters. The van der Waals surface area contributed by atoms with E-state index in [2.05, 4.69) is 10.6 Å². The van der Waals surface area contributed by atoms with Crippen molar-refractivity contribution in [1.29, 1.82) is 0 Å². The molecule has 2 rings (SSSR count). The minimum absolute atomic E-state index is 0.0992. The fraction of sp³-hybridized carbons (Fsp3) is 0.423. The number of alkyl carbamates (subject to hydrolysis) is 1. The normalized spacial score (nSPS) is 13.5. The molecule has 7 heteroatoms. The van der Waals surface area contributed by atoms with Gasteiger partial charge in [0, 0.05) is 0 Å². The highest BCUT2D eigenvalue weighted by molar-refractivity contribution is 5.90. The highest BCUT2D eigenvalue weighted by atomic mass is 16.5. The maximum absolute atomic E-state index is 13.1. The van der Waals surface area contributed by atoms with Gasteiger partial charge >= 0.3 is 12.1 Å². The second kappa shape index (κ2) is 13.3. The summed E-state index contributed by atoms with van der Waals surface area (Å²) in [6.07, 6.45) is -0.0333. The van der Waals surface area contributed by atoms with Gasteiger partial charge in [-0.15, -0.1) is 0 Å². The summed E-state index contributed by atoms with van der Waals surface area (Å²) in [5.41, 5.74) is 1.71. The van der Waals surface area contributed by atoms with Gasteiger partial charge in [-0.2, -0.15) is 0 Å². The molecule has 0 fully saturated rings. The fourth-order valence-electron chi connectivity index (χ4n) is 3.15. The quantitative estimate of drug-likeness (QED) is 0.496. The van der Waals surface area contributed by atoms with E-state index in [1.54, 1.807) is 0 Å². The second-order valence-corrected chi connectivity index (χ2v) is 8.39. The first-order valence-electron chi connectivity index (χ1n) is 11.3. The standard InChI is InChI=1S/C26H34N2O5/c1-5-19(4)23(28-26(31)33-17-21-14-10-7-11-15-21)24(29)27-22(18(2)3)25(30)32-16-20-12-8-6-9-13-20/h6-15,18-19,22-23H,5,16-17H2,1-4H3,(H,27,29)(H,28,31)/t19-,22+,23+/m1/s1. The van der Waals surface area contributed by atoms with Crippen molar-refractivity contribution in [3.8, 4) is 0 Å². The first-order chi connectivity index (χ1) is 15.8. The molecule has 2 aromatic carbocycles. The number of hydrogen-bond donors (Lipinski definition) is 2. The van der Waals surface area contributed by atoms with E-state index in [1.807, 2.05) is 88.4 Å². The van der Waals surface area contributed by atoms with Crippen molar-refractivity contribution in [3.05, 3.63) is 71.8 Å². The summed E-state index contributed by atoms with van der Waals surface area (Å²) < 4.78 is 10.7. The highest BCUT2D eigenvalue weighted by Crippen LogP contribution is 2.12. The first kappa shape index (κ1) is 25.9. The molecule has 0 radical (unpaired) electrons. The van der Waals surface area contributed by atoms with Gasteiger partial charge in [-0.1, -0.05) is 94.8 Å². The number of ether oxygens (including phenoxy) is 2. The molecule has 0 unspecified atom stereocenters. The lowest BCUT2D eigenvalue weighted by molar-refractivity contribution is -0.150. The topological polar surface area (TPSA) is 93.7 Å². The van der Waals surface area contributed by atoms with Gasteiger partial charge < -0.3 is 20.1 Å². The zero-order valence-corrected chi connectivity index (χ0v) is 19.7. The number of hydrogen-bond acceptors (Lipinski definition) is 5. The lowest BCUT2D eigenvalue weighted by Crippen LogP contribution is -2.55. The van der Waals surface area contributed by atoms with Crippen LogP contribution in [0.5, 0.6) is 0 Å². The fourth-order valence-corrected chi connectivity index (χ4v) is 3.15. The van der Waals surface area contributed by atoms with E-state index >= 15 is 0 Å². The molecule has 0 spiro atoms. The lowest BCUT2D eigenvalue weighted by atomic mass is 9.97. The summed E-state index contributed by atoms with van der Waals surface area (Å²) in [5.74, 6) is -1.32. The van der Waals surface area contributed by atoms with Crippen LogP contribution < -0.4 is 10.6 Å². The van der Waals surface area contributed by atoms with Crippen LogP contribution in [0.2, 0.25) is 0 Å². The van der Waals surface area contributed by atoms with E-state index in [-0.39, 0.29) is 25.0 Å². The van der Waals surface area contributed by atoms with E-state index < -0.39 is 30.1 Å². The molecule has 33 heavy (non-hydrogen) atoms. The third-order valence-corrected chi connectivity index (χ3v) is 5.42. The first-order valence-corrected chi connectivity index (χ1v) is 11.3. The van der Waals surface area contributed by atoms with E-state index in [4.69, 9.17) is 9.47 Å². The molecule has 0 aromatic heterocycles. The van der Waals surface area contributed by atoms with E-state index in [1.165, 1.54) is 0 Å². The molecule has 0 saturated carbocycles. The van der Waals surface area contributed by atoms with Crippen molar-refractivity contribution in [3.63, 3.8) is 0 Å². The van der Waals surface area contributed by atoms with Gasteiger partial charge in [0.15, 0.2) is 0 Å². The van der Waals surface area contributed by atoms with Gasteiger partial charge in [-0.05, 0) is 23.0 Å². The van der Waals surface area contributed by atoms with Crippen LogP contribution in [-0.2, 0) is 32.3 Å². The maximum atomic E-state index is 13.1.